The smallest absolute Gasteiger partial charge is 0.303 e. The SMILES string of the molecule is Cc1ccc2nc(-c3ccc(F)cc3)c(CCC(=O)O)n2c1. The van der Waals surface area contributed by atoms with Crippen LogP contribution >= 0.6 is 0 Å². The molecule has 0 saturated carbocycles. The van der Waals surface area contributed by atoms with E-state index >= 15 is 0 Å². The molecule has 2 aromatic heterocycles. The third-order valence-corrected chi connectivity index (χ3v) is 3.56. The lowest BCUT2D eigenvalue weighted by Gasteiger charge is -2.05. The van der Waals surface area contributed by atoms with Gasteiger partial charge in [0.2, 0.25) is 0 Å². The van der Waals surface area contributed by atoms with Crippen LogP contribution in [-0.4, -0.2) is 20.5 Å². The van der Waals surface area contributed by atoms with Crippen LogP contribution in [0, 0.1) is 12.7 Å². The molecule has 0 saturated heterocycles. The van der Waals surface area contributed by atoms with E-state index in [0.29, 0.717) is 12.1 Å². The molecule has 112 valence electrons. The fourth-order valence-corrected chi connectivity index (χ4v) is 2.50. The van der Waals surface area contributed by atoms with Gasteiger partial charge in [0.05, 0.1) is 17.8 Å². The summed E-state index contributed by atoms with van der Waals surface area (Å²) in [5.41, 5.74) is 4.13. The number of carbonyl (C=O) groups is 1. The van der Waals surface area contributed by atoms with E-state index in [1.165, 1.54) is 12.1 Å². The maximum absolute atomic E-state index is 13.1. The Morgan fingerprint density at radius 1 is 1.23 bits per heavy atom. The van der Waals surface area contributed by atoms with Gasteiger partial charge in [-0.3, -0.25) is 4.79 Å². The Hall–Kier alpha value is -2.69. The van der Waals surface area contributed by atoms with Crippen molar-refractivity contribution in [2.24, 2.45) is 0 Å². The van der Waals surface area contributed by atoms with Gasteiger partial charge in [0, 0.05) is 18.2 Å². The van der Waals surface area contributed by atoms with Crippen LogP contribution in [0.5, 0.6) is 0 Å². The quantitative estimate of drug-likeness (QED) is 0.802. The molecule has 0 unspecified atom stereocenters. The topological polar surface area (TPSA) is 54.6 Å². The summed E-state index contributed by atoms with van der Waals surface area (Å²) >= 11 is 0. The fourth-order valence-electron chi connectivity index (χ4n) is 2.50. The molecule has 2 heterocycles. The van der Waals surface area contributed by atoms with Gasteiger partial charge >= 0.3 is 5.97 Å². The van der Waals surface area contributed by atoms with Crippen LogP contribution in [0.3, 0.4) is 0 Å². The molecule has 0 spiro atoms. The summed E-state index contributed by atoms with van der Waals surface area (Å²) in [6.07, 6.45) is 2.33. The number of hydrogen-bond donors (Lipinski definition) is 1. The number of imidazole rings is 1. The predicted molar refractivity (Wildman–Crippen MR) is 81.3 cm³/mol. The van der Waals surface area contributed by atoms with E-state index in [1.807, 2.05) is 29.7 Å². The number of rotatable bonds is 4. The Bertz CT molecular complexity index is 838. The number of carboxylic acid groups (broad SMARTS) is 1. The Balaban J connectivity index is 2.16. The molecule has 5 heteroatoms. The van der Waals surface area contributed by atoms with E-state index in [9.17, 15) is 9.18 Å². The number of fused-ring (bicyclic) bond motifs is 1. The van der Waals surface area contributed by atoms with Gasteiger partial charge in [0.25, 0.3) is 0 Å². The van der Waals surface area contributed by atoms with Crippen molar-refractivity contribution in [2.45, 2.75) is 19.8 Å². The van der Waals surface area contributed by atoms with Gasteiger partial charge in [-0.25, -0.2) is 9.37 Å². The number of hydrogen-bond acceptors (Lipinski definition) is 2. The molecule has 0 aliphatic heterocycles. The van der Waals surface area contributed by atoms with Crippen LogP contribution < -0.4 is 0 Å². The standard InChI is InChI=1S/C17H15FN2O2/c1-11-2-8-15-19-17(12-3-5-13(18)6-4-12)14(20(15)10-11)7-9-16(21)22/h2-6,8,10H,7,9H2,1H3,(H,21,22). The average Bonchev–Trinajstić information content (AvgIpc) is 2.83. The molecule has 3 rings (SSSR count). The first-order valence-corrected chi connectivity index (χ1v) is 7.00. The third-order valence-electron chi connectivity index (χ3n) is 3.56. The second-order valence-corrected chi connectivity index (χ2v) is 5.24. The normalized spacial score (nSPS) is 11.0. The molecule has 0 radical (unpaired) electrons. The van der Waals surface area contributed by atoms with Gasteiger partial charge in [-0.05, 0) is 42.8 Å². The molecule has 4 nitrogen and oxygen atoms in total. The molecule has 22 heavy (non-hydrogen) atoms. The van der Waals surface area contributed by atoms with Crippen LogP contribution in [0.2, 0.25) is 0 Å². The van der Waals surface area contributed by atoms with Crippen LogP contribution in [-0.2, 0) is 11.2 Å². The molecular formula is C17H15FN2O2. The third kappa shape index (κ3) is 2.70. The van der Waals surface area contributed by atoms with Crippen molar-refractivity contribution in [3.05, 3.63) is 59.7 Å². The zero-order chi connectivity index (χ0) is 15.7. The number of aromatic nitrogens is 2. The Kier molecular flexibility index (Phi) is 3.63. The summed E-state index contributed by atoms with van der Waals surface area (Å²) in [4.78, 5) is 15.5. The maximum atomic E-state index is 13.1. The minimum atomic E-state index is -0.854. The largest absolute Gasteiger partial charge is 0.481 e. The fraction of sp³-hybridized carbons (Fsp3) is 0.176. The van der Waals surface area contributed by atoms with Gasteiger partial charge in [0.15, 0.2) is 0 Å². The van der Waals surface area contributed by atoms with Gasteiger partial charge in [-0.2, -0.15) is 0 Å². The molecule has 0 aliphatic rings. The van der Waals surface area contributed by atoms with Crippen molar-refractivity contribution < 1.29 is 14.3 Å². The van der Waals surface area contributed by atoms with E-state index in [-0.39, 0.29) is 12.2 Å². The number of halogens is 1. The zero-order valence-electron chi connectivity index (χ0n) is 12.1. The number of aliphatic carboxylic acids is 1. The van der Waals surface area contributed by atoms with Crippen molar-refractivity contribution in [3.8, 4) is 11.3 Å². The first-order chi connectivity index (χ1) is 10.5. The molecule has 0 bridgehead atoms. The highest BCUT2D eigenvalue weighted by Crippen LogP contribution is 2.26. The number of nitrogens with zero attached hydrogens (tertiary/aromatic N) is 2. The minimum absolute atomic E-state index is 0.0237. The second kappa shape index (κ2) is 5.60. The Labute approximate surface area is 126 Å². The minimum Gasteiger partial charge on any atom is -0.481 e. The van der Waals surface area contributed by atoms with Crippen molar-refractivity contribution >= 4 is 11.6 Å². The number of aryl methyl sites for hydroxylation is 2. The lowest BCUT2D eigenvalue weighted by Crippen LogP contribution is -2.01. The van der Waals surface area contributed by atoms with E-state index in [2.05, 4.69) is 4.98 Å². The van der Waals surface area contributed by atoms with E-state index in [0.717, 1.165) is 22.5 Å². The first-order valence-electron chi connectivity index (χ1n) is 7.00. The lowest BCUT2D eigenvalue weighted by molar-refractivity contribution is -0.136. The molecule has 0 fully saturated rings. The van der Waals surface area contributed by atoms with Gasteiger partial charge < -0.3 is 9.51 Å². The average molecular weight is 298 g/mol. The summed E-state index contributed by atoms with van der Waals surface area (Å²) in [6, 6.07) is 9.93. The van der Waals surface area contributed by atoms with Crippen LogP contribution in [0.4, 0.5) is 4.39 Å². The lowest BCUT2D eigenvalue weighted by atomic mass is 10.1. The highest BCUT2D eigenvalue weighted by molar-refractivity contribution is 5.70. The van der Waals surface area contributed by atoms with Crippen molar-refractivity contribution in [3.63, 3.8) is 0 Å². The van der Waals surface area contributed by atoms with E-state index in [4.69, 9.17) is 5.11 Å². The number of benzene rings is 1. The van der Waals surface area contributed by atoms with Gasteiger partial charge in [0.1, 0.15) is 11.5 Å². The highest BCUT2D eigenvalue weighted by Gasteiger charge is 2.15. The van der Waals surface area contributed by atoms with Crippen molar-refractivity contribution in [1.29, 1.82) is 0 Å². The highest BCUT2D eigenvalue weighted by atomic mass is 19.1. The van der Waals surface area contributed by atoms with E-state index < -0.39 is 5.97 Å². The molecular weight excluding hydrogens is 283 g/mol. The maximum Gasteiger partial charge on any atom is 0.303 e. The molecule has 1 N–H and O–H groups in total. The van der Waals surface area contributed by atoms with Crippen molar-refractivity contribution in [2.75, 3.05) is 0 Å². The first kappa shape index (κ1) is 14.3. The van der Waals surface area contributed by atoms with Crippen LogP contribution in [0.1, 0.15) is 17.7 Å². The Morgan fingerprint density at radius 3 is 2.64 bits per heavy atom. The van der Waals surface area contributed by atoms with Crippen LogP contribution in [0.15, 0.2) is 42.6 Å². The van der Waals surface area contributed by atoms with Crippen LogP contribution in [0.25, 0.3) is 16.9 Å². The van der Waals surface area contributed by atoms with E-state index in [1.54, 1.807) is 12.1 Å². The van der Waals surface area contributed by atoms with Crippen molar-refractivity contribution in [1.82, 2.24) is 9.38 Å². The predicted octanol–water partition coefficient (Wildman–Crippen LogP) is 3.47. The molecule has 0 aliphatic carbocycles. The molecule has 3 aromatic rings. The molecule has 0 amide bonds. The summed E-state index contributed by atoms with van der Waals surface area (Å²) in [6.45, 7) is 1.97. The van der Waals surface area contributed by atoms with Gasteiger partial charge in [-0.1, -0.05) is 6.07 Å². The number of pyridine rings is 1. The molecule has 1 aromatic carbocycles. The molecule has 0 atom stereocenters. The monoisotopic (exact) mass is 298 g/mol. The Morgan fingerprint density at radius 2 is 1.95 bits per heavy atom. The second-order valence-electron chi connectivity index (χ2n) is 5.24. The number of carboxylic acids is 1. The zero-order valence-corrected chi connectivity index (χ0v) is 12.1. The summed E-state index contributed by atoms with van der Waals surface area (Å²) in [5, 5.41) is 8.96. The summed E-state index contributed by atoms with van der Waals surface area (Å²) in [5.74, 6) is -1.16. The summed E-state index contributed by atoms with van der Waals surface area (Å²) in [7, 11) is 0. The van der Waals surface area contributed by atoms with Gasteiger partial charge in [-0.15, -0.1) is 0 Å². The summed E-state index contributed by atoms with van der Waals surface area (Å²) < 4.78 is 15.0.